The van der Waals surface area contributed by atoms with E-state index in [4.69, 9.17) is 0 Å². The van der Waals surface area contributed by atoms with Crippen LogP contribution in [-0.4, -0.2) is 28.7 Å². The van der Waals surface area contributed by atoms with Crippen molar-refractivity contribution in [2.75, 3.05) is 13.6 Å². The van der Waals surface area contributed by atoms with Crippen molar-refractivity contribution in [3.05, 3.63) is 41.7 Å². The number of phenols is 1. The molecule has 1 unspecified atom stereocenters. The molecule has 1 aliphatic carbocycles. The van der Waals surface area contributed by atoms with Gasteiger partial charge in [-0.3, -0.25) is 0 Å². The van der Waals surface area contributed by atoms with Crippen molar-refractivity contribution in [1.29, 1.82) is 0 Å². The summed E-state index contributed by atoms with van der Waals surface area (Å²) >= 11 is 0. The predicted octanol–water partition coefficient (Wildman–Crippen LogP) is 2.17. The maximum Gasteiger partial charge on any atom is 0.159 e. The van der Waals surface area contributed by atoms with Gasteiger partial charge in [-0.25, -0.2) is 9.97 Å². The first kappa shape index (κ1) is 13.1. The van der Waals surface area contributed by atoms with Crippen LogP contribution in [-0.2, 0) is 12.8 Å². The molecule has 0 spiro atoms. The standard InChI is InChI=1S/C16H19N3O/c1-17-9-11-5-6-15-13(7-11)10-18-16(19-15)12-3-2-4-14(20)8-12/h2-4,8,10-11,17,20H,5-7,9H2,1H3. The SMILES string of the molecule is CNCC1CCc2nc(-c3cccc(O)c3)ncc2C1. The number of aryl methyl sites for hydroxylation is 1. The molecule has 0 radical (unpaired) electrons. The third-order valence-corrected chi connectivity index (χ3v) is 3.85. The van der Waals surface area contributed by atoms with E-state index >= 15 is 0 Å². The quantitative estimate of drug-likeness (QED) is 0.896. The third kappa shape index (κ3) is 2.65. The number of fused-ring (bicyclic) bond motifs is 1. The predicted molar refractivity (Wildman–Crippen MR) is 78.6 cm³/mol. The molecule has 0 aliphatic heterocycles. The van der Waals surface area contributed by atoms with Crippen LogP contribution in [0.5, 0.6) is 5.75 Å². The Hall–Kier alpha value is -1.94. The molecule has 20 heavy (non-hydrogen) atoms. The number of nitrogens with one attached hydrogen (secondary N) is 1. The van der Waals surface area contributed by atoms with E-state index in [0.29, 0.717) is 11.7 Å². The summed E-state index contributed by atoms with van der Waals surface area (Å²) in [5.41, 5.74) is 3.29. The largest absolute Gasteiger partial charge is 0.508 e. The van der Waals surface area contributed by atoms with Gasteiger partial charge in [0.1, 0.15) is 5.75 Å². The van der Waals surface area contributed by atoms with E-state index < -0.39 is 0 Å². The lowest BCUT2D eigenvalue weighted by molar-refractivity contribution is 0.434. The Morgan fingerprint density at radius 2 is 2.30 bits per heavy atom. The lowest BCUT2D eigenvalue weighted by atomic mass is 9.87. The second-order valence-electron chi connectivity index (χ2n) is 5.38. The van der Waals surface area contributed by atoms with E-state index in [1.165, 1.54) is 12.0 Å². The number of rotatable bonds is 3. The third-order valence-electron chi connectivity index (χ3n) is 3.85. The molecule has 0 amide bonds. The summed E-state index contributed by atoms with van der Waals surface area (Å²) in [6.45, 7) is 1.05. The number of aromatic nitrogens is 2. The summed E-state index contributed by atoms with van der Waals surface area (Å²) in [5.74, 6) is 1.63. The average Bonchev–Trinajstić information content (AvgIpc) is 2.47. The minimum Gasteiger partial charge on any atom is -0.508 e. The molecule has 1 aromatic carbocycles. The normalized spacial score (nSPS) is 17.8. The van der Waals surface area contributed by atoms with Crippen LogP contribution in [0.15, 0.2) is 30.5 Å². The van der Waals surface area contributed by atoms with Crippen LogP contribution in [0.1, 0.15) is 17.7 Å². The molecular weight excluding hydrogens is 250 g/mol. The van der Waals surface area contributed by atoms with E-state index in [9.17, 15) is 5.11 Å². The van der Waals surface area contributed by atoms with Crippen LogP contribution in [0.4, 0.5) is 0 Å². The monoisotopic (exact) mass is 269 g/mol. The Kier molecular flexibility index (Phi) is 3.65. The molecule has 0 saturated heterocycles. The minimum absolute atomic E-state index is 0.248. The zero-order chi connectivity index (χ0) is 13.9. The van der Waals surface area contributed by atoms with E-state index in [-0.39, 0.29) is 5.75 Å². The maximum atomic E-state index is 9.54. The summed E-state index contributed by atoms with van der Waals surface area (Å²) in [6, 6.07) is 7.10. The summed E-state index contributed by atoms with van der Waals surface area (Å²) in [5, 5.41) is 12.8. The molecule has 2 N–H and O–H groups in total. The highest BCUT2D eigenvalue weighted by Gasteiger charge is 2.20. The zero-order valence-electron chi connectivity index (χ0n) is 11.6. The van der Waals surface area contributed by atoms with E-state index in [1.807, 2.05) is 25.4 Å². The average molecular weight is 269 g/mol. The highest BCUT2D eigenvalue weighted by molar-refractivity contribution is 5.57. The van der Waals surface area contributed by atoms with Crippen LogP contribution in [0, 0.1) is 5.92 Å². The van der Waals surface area contributed by atoms with Crippen molar-refractivity contribution in [1.82, 2.24) is 15.3 Å². The molecule has 104 valence electrons. The molecule has 3 rings (SSSR count). The molecule has 2 aromatic rings. The van der Waals surface area contributed by atoms with Gasteiger partial charge in [0.05, 0.1) is 0 Å². The lowest BCUT2D eigenvalue weighted by Gasteiger charge is -2.23. The van der Waals surface area contributed by atoms with Crippen LogP contribution in [0.25, 0.3) is 11.4 Å². The summed E-state index contributed by atoms with van der Waals surface area (Å²) in [7, 11) is 2.00. The number of phenolic OH excluding ortho intramolecular Hbond substituents is 1. The summed E-state index contributed by atoms with van der Waals surface area (Å²) in [6.07, 6.45) is 5.18. The molecule has 1 atom stereocenters. The Bertz CT molecular complexity index is 612. The molecule has 1 aromatic heterocycles. The number of hydrogen-bond acceptors (Lipinski definition) is 4. The Balaban J connectivity index is 1.87. The van der Waals surface area contributed by atoms with Crippen LogP contribution < -0.4 is 5.32 Å². The minimum atomic E-state index is 0.248. The Labute approximate surface area is 118 Å². The van der Waals surface area contributed by atoms with Crippen molar-refractivity contribution in [2.45, 2.75) is 19.3 Å². The first-order valence-electron chi connectivity index (χ1n) is 7.05. The fourth-order valence-corrected chi connectivity index (χ4v) is 2.83. The number of hydrogen-bond donors (Lipinski definition) is 2. The van der Waals surface area contributed by atoms with Crippen molar-refractivity contribution in [3.8, 4) is 17.1 Å². The zero-order valence-corrected chi connectivity index (χ0v) is 11.6. The second-order valence-corrected chi connectivity index (χ2v) is 5.38. The lowest BCUT2D eigenvalue weighted by Crippen LogP contribution is -2.25. The van der Waals surface area contributed by atoms with E-state index in [2.05, 4.69) is 15.3 Å². The fourth-order valence-electron chi connectivity index (χ4n) is 2.83. The van der Waals surface area contributed by atoms with Gasteiger partial charge in [0.2, 0.25) is 0 Å². The molecule has 1 heterocycles. The second kappa shape index (κ2) is 5.59. The molecule has 4 heteroatoms. The van der Waals surface area contributed by atoms with Crippen molar-refractivity contribution in [3.63, 3.8) is 0 Å². The highest BCUT2D eigenvalue weighted by atomic mass is 16.3. The van der Waals surface area contributed by atoms with Gasteiger partial charge in [-0.15, -0.1) is 0 Å². The number of benzene rings is 1. The van der Waals surface area contributed by atoms with Crippen molar-refractivity contribution in [2.24, 2.45) is 5.92 Å². The van der Waals surface area contributed by atoms with Gasteiger partial charge in [-0.2, -0.15) is 0 Å². The van der Waals surface area contributed by atoms with Gasteiger partial charge in [0.25, 0.3) is 0 Å². The fraction of sp³-hybridized carbons (Fsp3) is 0.375. The Morgan fingerprint density at radius 1 is 1.40 bits per heavy atom. The molecule has 0 fully saturated rings. The van der Waals surface area contributed by atoms with Gasteiger partial charge in [-0.05, 0) is 56.5 Å². The smallest absolute Gasteiger partial charge is 0.159 e. The summed E-state index contributed by atoms with van der Waals surface area (Å²) in [4.78, 5) is 9.13. The van der Waals surface area contributed by atoms with Crippen LogP contribution in [0.3, 0.4) is 0 Å². The van der Waals surface area contributed by atoms with E-state index in [0.717, 1.165) is 30.6 Å². The topological polar surface area (TPSA) is 58.0 Å². The molecular formula is C16H19N3O. The summed E-state index contributed by atoms with van der Waals surface area (Å²) < 4.78 is 0. The molecule has 0 bridgehead atoms. The molecule has 1 aliphatic rings. The number of nitrogens with zero attached hydrogens (tertiary/aromatic N) is 2. The van der Waals surface area contributed by atoms with Gasteiger partial charge >= 0.3 is 0 Å². The molecule has 0 saturated carbocycles. The van der Waals surface area contributed by atoms with Gasteiger partial charge in [-0.1, -0.05) is 12.1 Å². The van der Waals surface area contributed by atoms with Crippen LogP contribution >= 0.6 is 0 Å². The highest BCUT2D eigenvalue weighted by Crippen LogP contribution is 2.26. The maximum absolute atomic E-state index is 9.54. The van der Waals surface area contributed by atoms with Gasteiger partial charge in [0.15, 0.2) is 5.82 Å². The van der Waals surface area contributed by atoms with E-state index in [1.54, 1.807) is 12.1 Å². The first-order chi connectivity index (χ1) is 9.76. The van der Waals surface area contributed by atoms with Crippen molar-refractivity contribution >= 4 is 0 Å². The van der Waals surface area contributed by atoms with Crippen LogP contribution in [0.2, 0.25) is 0 Å². The first-order valence-corrected chi connectivity index (χ1v) is 7.05. The van der Waals surface area contributed by atoms with Gasteiger partial charge < -0.3 is 10.4 Å². The molecule has 4 nitrogen and oxygen atoms in total. The van der Waals surface area contributed by atoms with Gasteiger partial charge in [0, 0.05) is 17.5 Å². The number of aromatic hydroxyl groups is 1. The van der Waals surface area contributed by atoms with Crippen molar-refractivity contribution < 1.29 is 5.11 Å². The Morgan fingerprint density at radius 3 is 3.10 bits per heavy atom.